The molecule has 2 aliphatic heterocycles. The summed E-state index contributed by atoms with van der Waals surface area (Å²) in [7, 11) is 0. The predicted octanol–water partition coefficient (Wildman–Crippen LogP) is 4.80. The minimum atomic E-state index is -0.560. The van der Waals surface area contributed by atoms with E-state index < -0.39 is 5.41 Å². The Labute approximate surface area is 222 Å². The lowest BCUT2D eigenvalue weighted by molar-refractivity contribution is 0.246. The third-order valence-electron chi connectivity index (χ3n) is 9.15. The smallest absolute Gasteiger partial charge is 0.226 e. The van der Waals surface area contributed by atoms with Crippen molar-refractivity contribution in [2.24, 2.45) is 0 Å². The number of aliphatic hydroxyl groups excluding tert-OH is 1. The minimum Gasteiger partial charge on any atom is -0.505 e. The van der Waals surface area contributed by atoms with Crippen molar-refractivity contribution >= 4 is 33.8 Å². The number of nitriles is 1. The molecule has 3 fully saturated rings. The molecule has 2 aromatic heterocycles. The lowest BCUT2D eigenvalue weighted by Crippen LogP contribution is -2.45. The first kappa shape index (κ1) is 24.4. The predicted molar refractivity (Wildman–Crippen MR) is 147 cm³/mol. The van der Waals surface area contributed by atoms with Gasteiger partial charge < -0.3 is 21.1 Å². The number of aliphatic hydroxyl groups is 1. The van der Waals surface area contributed by atoms with Crippen LogP contribution in [-0.2, 0) is 11.8 Å². The van der Waals surface area contributed by atoms with E-state index in [-0.39, 0.29) is 5.76 Å². The van der Waals surface area contributed by atoms with Gasteiger partial charge in [0.15, 0.2) is 0 Å². The number of aryl methyl sites for hydroxylation is 1. The van der Waals surface area contributed by atoms with Crippen molar-refractivity contribution in [2.45, 2.75) is 82.2 Å². The molecule has 2 saturated heterocycles. The molecule has 37 heavy (non-hydrogen) atoms. The highest BCUT2D eigenvalue weighted by Crippen LogP contribution is 2.52. The van der Waals surface area contributed by atoms with Crippen molar-refractivity contribution in [1.29, 1.82) is 10.7 Å². The van der Waals surface area contributed by atoms with Crippen LogP contribution in [0.2, 0.25) is 0 Å². The number of nitrogens with two attached hydrogens (primary N) is 1. The van der Waals surface area contributed by atoms with Crippen LogP contribution >= 0.6 is 11.3 Å². The molecule has 4 N–H and O–H groups in total. The molecular weight excluding hydrogens is 482 g/mol. The van der Waals surface area contributed by atoms with Gasteiger partial charge in [-0.2, -0.15) is 5.26 Å². The van der Waals surface area contributed by atoms with Crippen molar-refractivity contribution in [3.05, 3.63) is 39.5 Å². The molecule has 4 aliphatic rings. The molecule has 6 rings (SSSR count). The number of hydrogen-bond acceptors (Lipinski definition) is 9. The highest BCUT2D eigenvalue weighted by molar-refractivity contribution is 7.16. The van der Waals surface area contributed by atoms with Crippen molar-refractivity contribution < 1.29 is 5.11 Å². The van der Waals surface area contributed by atoms with Crippen LogP contribution in [0.4, 0.5) is 10.9 Å². The summed E-state index contributed by atoms with van der Waals surface area (Å²) in [6.07, 6.45) is 10.2. The first-order chi connectivity index (χ1) is 17.9. The molecule has 2 aliphatic carbocycles. The van der Waals surface area contributed by atoms with E-state index >= 15 is 0 Å². The van der Waals surface area contributed by atoms with Crippen molar-refractivity contribution in [3.8, 4) is 6.07 Å². The number of hydrogen-bond donors (Lipinski definition) is 3. The average molecular weight is 518 g/mol. The van der Waals surface area contributed by atoms with Gasteiger partial charge in [-0.15, -0.1) is 11.3 Å². The van der Waals surface area contributed by atoms with Crippen molar-refractivity contribution in [2.75, 3.05) is 30.3 Å². The molecular formula is C28H35N7OS. The Morgan fingerprint density at radius 3 is 2.81 bits per heavy atom. The zero-order valence-corrected chi connectivity index (χ0v) is 22.3. The standard InChI is InChI=1S/C28H35N7OS/c1-17-21-7-4-13-34(21)14-5-15-35(17)27-32-12-9-20(33-27)24(36)18-6-2-10-28(25(18)30)11-3-8-22-23(28)19(16-29)26(31)37-22/h9,12,17,21,30,36H,2-8,10-11,13-15,31H2,1H3/b24-18-,30-25?/t17-,21-,28-/m0/s1. The molecule has 9 heteroatoms. The summed E-state index contributed by atoms with van der Waals surface area (Å²) in [4.78, 5) is 15.5. The summed E-state index contributed by atoms with van der Waals surface area (Å²) in [6, 6.07) is 4.89. The molecule has 8 nitrogen and oxygen atoms in total. The number of allylic oxidation sites excluding steroid dienone is 1. The quantitative estimate of drug-likeness (QED) is 0.488. The molecule has 1 spiro atoms. The van der Waals surface area contributed by atoms with E-state index in [1.165, 1.54) is 30.7 Å². The first-order valence-electron chi connectivity index (χ1n) is 13.6. The largest absolute Gasteiger partial charge is 0.505 e. The second-order valence-corrected chi connectivity index (χ2v) is 12.2. The third kappa shape index (κ3) is 3.84. The summed E-state index contributed by atoms with van der Waals surface area (Å²) in [5.41, 5.74) is 8.70. The van der Waals surface area contributed by atoms with Gasteiger partial charge in [-0.05, 0) is 82.9 Å². The van der Waals surface area contributed by atoms with Gasteiger partial charge in [-0.25, -0.2) is 9.97 Å². The first-order valence-corrected chi connectivity index (χ1v) is 14.4. The average Bonchev–Trinajstić information content (AvgIpc) is 3.47. The van der Waals surface area contributed by atoms with E-state index in [0.29, 0.717) is 52.0 Å². The summed E-state index contributed by atoms with van der Waals surface area (Å²) in [5, 5.41) is 31.3. The van der Waals surface area contributed by atoms with Gasteiger partial charge in [0.1, 0.15) is 22.5 Å². The maximum absolute atomic E-state index is 11.5. The van der Waals surface area contributed by atoms with Gasteiger partial charge in [0.05, 0.1) is 5.56 Å². The van der Waals surface area contributed by atoms with Gasteiger partial charge in [0.2, 0.25) is 5.95 Å². The number of nitrogens with zero attached hydrogens (tertiary/aromatic N) is 5. The van der Waals surface area contributed by atoms with Crippen LogP contribution in [0.3, 0.4) is 0 Å². The monoisotopic (exact) mass is 517 g/mol. The Balaban J connectivity index is 1.36. The van der Waals surface area contributed by atoms with Crippen LogP contribution in [0.1, 0.15) is 80.0 Å². The summed E-state index contributed by atoms with van der Waals surface area (Å²) in [5.74, 6) is 0.729. The van der Waals surface area contributed by atoms with Crippen molar-refractivity contribution in [1.82, 2.24) is 14.9 Å². The van der Waals surface area contributed by atoms with Crippen LogP contribution in [0.5, 0.6) is 0 Å². The summed E-state index contributed by atoms with van der Waals surface area (Å²) in [6.45, 7) is 5.45. The van der Waals surface area contributed by atoms with Crippen molar-refractivity contribution in [3.63, 3.8) is 0 Å². The van der Waals surface area contributed by atoms with Crippen LogP contribution in [0.15, 0.2) is 17.8 Å². The number of nitrogen functional groups attached to an aromatic ring is 1. The molecule has 0 aromatic carbocycles. The maximum atomic E-state index is 11.5. The molecule has 0 bridgehead atoms. The van der Waals surface area contributed by atoms with E-state index in [1.54, 1.807) is 12.3 Å². The minimum absolute atomic E-state index is 0.0755. The fraction of sp³-hybridized carbons (Fsp3) is 0.571. The molecule has 1 saturated carbocycles. The summed E-state index contributed by atoms with van der Waals surface area (Å²) < 4.78 is 0. The number of rotatable bonds is 2. The van der Waals surface area contributed by atoms with Gasteiger partial charge in [0, 0.05) is 52.9 Å². The molecule has 194 valence electrons. The number of anilines is 2. The van der Waals surface area contributed by atoms with E-state index in [0.717, 1.165) is 62.1 Å². The number of fused-ring (bicyclic) bond motifs is 3. The second-order valence-electron chi connectivity index (χ2n) is 11.0. The Bertz CT molecular complexity index is 1310. The second kappa shape index (κ2) is 9.41. The third-order valence-corrected chi connectivity index (χ3v) is 10.2. The van der Waals surface area contributed by atoms with Gasteiger partial charge >= 0.3 is 0 Å². The Morgan fingerprint density at radius 2 is 2.00 bits per heavy atom. The SMILES string of the molecule is C[C@H]1[C@@H]2CCCN2CCCN1c1nccc(/C(O)=C2\CCC[C@@]3(CCCc4sc(N)c(C#N)c43)C2=N)n1. The topological polar surface area (TPSA) is 126 Å². The van der Waals surface area contributed by atoms with E-state index in [1.807, 2.05) is 0 Å². The molecule has 0 unspecified atom stereocenters. The molecule has 3 atom stereocenters. The fourth-order valence-electron chi connectivity index (χ4n) is 7.40. The highest BCUT2D eigenvalue weighted by Gasteiger charge is 2.47. The number of thiophene rings is 1. The molecule has 0 radical (unpaired) electrons. The van der Waals surface area contributed by atoms with Gasteiger partial charge in [-0.1, -0.05) is 0 Å². The zero-order chi connectivity index (χ0) is 25.7. The van der Waals surface area contributed by atoms with Crippen LogP contribution in [-0.4, -0.2) is 57.4 Å². The maximum Gasteiger partial charge on any atom is 0.226 e. The molecule has 0 amide bonds. The van der Waals surface area contributed by atoms with Crippen LogP contribution in [0.25, 0.3) is 5.76 Å². The van der Waals surface area contributed by atoms with E-state index in [2.05, 4.69) is 27.8 Å². The Kier molecular flexibility index (Phi) is 6.20. The molecule has 4 heterocycles. The normalized spacial score (nSPS) is 29.5. The van der Waals surface area contributed by atoms with E-state index in [4.69, 9.17) is 10.7 Å². The summed E-state index contributed by atoms with van der Waals surface area (Å²) >= 11 is 1.49. The number of nitrogens with one attached hydrogen (secondary N) is 1. The fourth-order valence-corrected chi connectivity index (χ4v) is 8.56. The van der Waals surface area contributed by atoms with Gasteiger partial charge in [0.25, 0.3) is 0 Å². The van der Waals surface area contributed by atoms with Gasteiger partial charge in [-0.3, -0.25) is 4.90 Å². The Morgan fingerprint density at radius 1 is 1.22 bits per heavy atom. The molecule has 2 aromatic rings. The highest BCUT2D eigenvalue weighted by atomic mass is 32.1. The van der Waals surface area contributed by atoms with Crippen LogP contribution < -0.4 is 10.6 Å². The van der Waals surface area contributed by atoms with Crippen LogP contribution in [0, 0.1) is 16.7 Å². The Hall–Kier alpha value is -2.96. The lowest BCUT2D eigenvalue weighted by atomic mass is 9.60. The zero-order valence-electron chi connectivity index (χ0n) is 21.5. The van der Waals surface area contributed by atoms with E-state index in [9.17, 15) is 15.8 Å². The lowest BCUT2D eigenvalue weighted by Gasteiger charge is -2.42. The number of aromatic nitrogens is 2.